The number of benzene rings is 2. The summed E-state index contributed by atoms with van der Waals surface area (Å²) in [6.07, 6.45) is 1.31. The van der Waals surface area contributed by atoms with Crippen LogP contribution in [0.5, 0.6) is 0 Å². The zero-order chi connectivity index (χ0) is 20.0. The van der Waals surface area contributed by atoms with Gasteiger partial charge in [-0.2, -0.15) is 5.10 Å². The normalized spacial score (nSPS) is 11.6. The van der Waals surface area contributed by atoms with Gasteiger partial charge in [0, 0.05) is 12.6 Å². The van der Waals surface area contributed by atoms with Gasteiger partial charge in [-0.1, -0.05) is 30.3 Å². The Labute approximate surface area is 161 Å². The average Bonchev–Trinajstić information content (AvgIpc) is 2.64. The smallest absolute Gasteiger partial charge is 0.336 e. The Morgan fingerprint density at radius 2 is 2.07 bits per heavy atom. The molecule has 0 atom stereocenters. The van der Waals surface area contributed by atoms with Crippen LogP contribution in [0.4, 0.5) is 4.39 Å². The molecule has 0 spiro atoms. The van der Waals surface area contributed by atoms with Crippen LogP contribution >= 0.6 is 11.9 Å². The van der Waals surface area contributed by atoms with E-state index in [2.05, 4.69) is 16.7 Å². The van der Waals surface area contributed by atoms with Crippen LogP contribution in [0.1, 0.15) is 27.0 Å². The molecule has 8 heteroatoms. The van der Waals surface area contributed by atoms with E-state index in [-0.39, 0.29) is 11.1 Å². The SMILES string of the molecule is C=C(/N=C(\SN)N(C)/N=C/c1ccc(F)cc1C(=O)O)c1cccc(C)c1. The topological polar surface area (TPSA) is 91.3 Å². The number of amidine groups is 1. The van der Waals surface area contributed by atoms with Gasteiger partial charge in [-0.3, -0.25) is 5.14 Å². The third kappa shape index (κ3) is 5.50. The minimum Gasteiger partial charge on any atom is -0.478 e. The zero-order valence-corrected chi connectivity index (χ0v) is 15.7. The van der Waals surface area contributed by atoms with E-state index in [4.69, 9.17) is 5.14 Å². The maximum absolute atomic E-state index is 13.3. The fraction of sp³-hybridized carbons (Fsp3) is 0.105. The predicted octanol–water partition coefficient (Wildman–Crippen LogP) is 3.73. The van der Waals surface area contributed by atoms with Crippen molar-refractivity contribution in [3.05, 3.63) is 77.1 Å². The van der Waals surface area contributed by atoms with Gasteiger partial charge in [0.1, 0.15) is 5.82 Å². The zero-order valence-electron chi connectivity index (χ0n) is 14.9. The predicted molar refractivity (Wildman–Crippen MR) is 108 cm³/mol. The van der Waals surface area contributed by atoms with Crippen molar-refractivity contribution in [1.82, 2.24) is 5.01 Å². The largest absolute Gasteiger partial charge is 0.478 e. The highest BCUT2D eigenvalue weighted by atomic mass is 32.2. The van der Waals surface area contributed by atoms with Crippen LogP contribution in [0.15, 0.2) is 59.1 Å². The molecule has 2 rings (SSSR count). The van der Waals surface area contributed by atoms with Crippen LogP contribution in [0.25, 0.3) is 5.70 Å². The van der Waals surface area contributed by atoms with E-state index in [0.29, 0.717) is 10.9 Å². The quantitative estimate of drug-likeness (QED) is 0.354. The molecular formula is C19H19FN4O2S. The molecule has 0 unspecified atom stereocenters. The molecule has 0 aliphatic heterocycles. The molecule has 0 saturated heterocycles. The molecule has 0 aliphatic carbocycles. The summed E-state index contributed by atoms with van der Waals surface area (Å²) in [5, 5.41) is 20.8. The van der Waals surface area contributed by atoms with Crippen LogP contribution in [0, 0.1) is 12.7 Å². The van der Waals surface area contributed by atoms with Crippen LogP contribution in [-0.4, -0.2) is 34.5 Å². The van der Waals surface area contributed by atoms with Gasteiger partial charge < -0.3 is 5.11 Å². The van der Waals surface area contributed by atoms with E-state index in [1.165, 1.54) is 23.4 Å². The number of carboxylic acids is 1. The van der Waals surface area contributed by atoms with Crippen molar-refractivity contribution in [1.29, 1.82) is 0 Å². The van der Waals surface area contributed by atoms with Gasteiger partial charge in [0.05, 0.1) is 17.5 Å². The summed E-state index contributed by atoms with van der Waals surface area (Å²) in [6.45, 7) is 5.92. The number of nitrogens with two attached hydrogens (primary N) is 1. The molecule has 0 fully saturated rings. The Morgan fingerprint density at radius 3 is 2.70 bits per heavy atom. The Morgan fingerprint density at radius 1 is 1.33 bits per heavy atom. The van der Waals surface area contributed by atoms with Gasteiger partial charge in [-0.15, -0.1) is 0 Å². The average molecular weight is 386 g/mol. The van der Waals surface area contributed by atoms with Crippen molar-refractivity contribution in [2.45, 2.75) is 6.92 Å². The van der Waals surface area contributed by atoms with Crippen molar-refractivity contribution in [2.24, 2.45) is 15.2 Å². The number of nitrogens with zero attached hydrogens (tertiary/aromatic N) is 3. The molecule has 0 radical (unpaired) electrons. The Balaban J connectivity index is 2.24. The molecule has 0 amide bonds. The Kier molecular flexibility index (Phi) is 6.86. The highest BCUT2D eigenvalue weighted by Gasteiger charge is 2.11. The molecular weight excluding hydrogens is 367 g/mol. The summed E-state index contributed by atoms with van der Waals surface area (Å²) in [4.78, 5) is 15.6. The lowest BCUT2D eigenvalue weighted by Gasteiger charge is -2.14. The number of aromatic carboxylic acids is 1. The third-order valence-electron chi connectivity index (χ3n) is 3.58. The van der Waals surface area contributed by atoms with Gasteiger partial charge >= 0.3 is 5.97 Å². The van der Waals surface area contributed by atoms with Gasteiger partial charge in [0.15, 0.2) is 5.17 Å². The molecule has 3 N–H and O–H groups in total. The number of aliphatic imine (C=N–C) groups is 1. The fourth-order valence-electron chi connectivity index (χ4n) is 2.20. The molecule has 140 valence electrons. The van der Waals surface area contributed by atoms with E-state index >= 15 is 0 Å². The lowest BCUT2D eigenvalue weighted by atomic mass is 10.1. The van der Waals surface area contributed by atoms with Crippen molar-refractivity contribution in [3.8, 4) is 0 Å². The fourth-order valence-corrected chi connectivity index (χ4v) is 2.57. The maximum atomic E-state index is 13.3. The number of carboxylic acid groups (broad SMARTS) is 1. The maximum Gasteiger partial charge on any atom is 0.336 e. The van der Waals surface area contributed by atoms with Crippen molar-refractivity contribution < 1.29 is 14.3 Å². The Bertz CT molecular complexity index is 928. The molecule has 0 aliphatic rings. The lowest BCUT2D eigenvalue weighted by molar-refractivity contribution is 0.0696. The molecule has 27 heavy (non-hydrogen) atoms. The van der Waals surface area contributed by atoms with E-state index < -0.39 is 11.8 Å². The first-order valence-corrected chi connectivity index (χ1v) is 8.71. The number of hydrogen-bond acceptors (Lipinski definition) is 5. The van der Waals surface area contributed by atoms with Crippen molar-refractivity contribution in [3.63, 3.8) is 0 Å². The summed E-state index contributed by atoms with van der Waals surface area (Å²) in [5.74, 6) is -1.87. The van der Waals surface area contributed by atoms with Gasteiger partial charge in [0.2, 0.25) is 0 Å². The lowest BCUT2D eigenvalue weighted by Crippen LogP contribution is -2.20. The number of hydrogen-bond donors (Lipinski definition) is 2. The van der Waals surface area contributed by atoms with E-state index in [0.717, 1.165) is 29.1 Å². The first-order valence-electron chi connectivity index (χ1n) is 7.83. The molecule has 0 saturated carbocycles. The minimum absolute atomic E-state index is 0.185. The number of halogens is 1. The second-order valence-corrected chi connectivity index (χ2v) is 6.23. The summed E-state index contributed by atoms with van der Waals surface area (Å²) in [5.41, 5.74) is 2.52. The van der Waals surface area contributed by atoms with Crippen LogP contribution in [0.2, 0.25) is 0 Å². The standard InChI is InChI=1S/C19H19FN4O2S/c1-12-5-4-6-14(9-12)13(2)23-19(27-21)24(3)22-11-15-7-8-16(20)10-17(15)18(25)26/h4-11H,2,21H2,1,3H3,(H,25,26)/b22-11+,23-19-. The first-order chi connectivity index (χ1) is 12.8. The second-order valence-electron chi connectivity index (χ2n) is 5.63. The van der Waals surface area contributed by atoms with E-state index in [1.807, 2.05) is 31.2 Å². The molecule has 0 bridgehead atoms. The molecule has 0 heterocycles. The third-order valence-corrected chi connectivity index (χ3v) is 4.15. The van der Waals surface area contributed by atoms with Crippen LogP contribution in [0.3, 0.4) is 0 Å². The van der Waals surface area contributed by atoms with Crippen LogP contribution in [-0.2, 0) is 0 Å². The molecule has 2 aromatic rings. The summed E-state index contributed by atoms with van der Waals surface area (Å²) in [6, 6.07) is 11.2. The van der Waals surface area contributed by atoms with Gasteiger partial charge in [-0.05, 0) is 48.7 Å². The van der Waals surface area contributed by atoms with Crippen molar-refractivity contribution >= 4 is 35.0 Å². The number of carbonyl (C=O) groups is 1. The Hall–Kier alpha value is -2.97. The summed E-state index contributed by atoms with van der Waals surface area (Å²) >= 11 is 0.878. The van der Waals surface area contributed by atoms with Crippen molar-refractivity contribution in [2.75, 3.05) is 7.05 Å². The minimum atomic E-state index is -1.24. The second kappa shape index (κ2) is 9.11. The number of aryl methyl sites for hydroxylation is 1. The van der Waals surface area contributed by atoms with Crippen LogP contribution < -0.4 is 5.14 Å². The summed E-state index contributed by atoms with van der Waals surface area (Å²) < 4.78 is 13.3. The number of rotatable bonds is 5. The molecule has 2 aromatic carbocycles. The highest BCUT2D eigenvalue weighted by molar-refractivity contribution is 8.11. The molecule has 0 aromatic heterocycles. The van der Waals surface area contributed by atoms with Gasteiger partial charge in [-0.25, -0.2) is 19.2 Å². The van der Waals surface area contributed by atoms with E-state index in [9.17, 15) is 14.3 Å². The van der Waals surface area contributed by atoms with E-state index in [1.54, 1.807) is 7.05 Å². The summed E-state index contributed by atoms with van der Waals surface area (Å²) in [7, 11) is 1.61. The monoisotopic (exact) mass is 386 g/mol. The number of hydrazone groups is 1. The molecule has 6 nitrogen and oxygen atoms in total. The first kappa shape index (κ1) is 20.3. The highest BCUT2D eigenvalue weighted by Crippen LogP contribution is 2.17. The van der Waals surface area contributed by atoms with Gasteiger partial charge in [0.25, 0.3) is 0 Å².